The molecule has 1 saturated heterocycles. The van der Waals surface area contributed by atoms with Crippen molar-refractivity contribution in [2.75, 3.05) is 25.6 Å². The first kappa shape index (κ1) is 21.2. The molecular formula is C21H23ClFN3O3. The Balaban J connectivity index is 1.90. The fraction of sp³-hybridized carbons (Fsp3) is 0.333. The molecule has 6 nitrogen and oxygen atoms in total. The van der Waals surface area contributed by atoms with Crippen LogP contribution < -0.4 is 11.1 Å². The Hall–Kier alpha value is -2.48. The summed E-state index contributed by atoms with van der Waals surface area (Å²) in [6.07, 6.45) is 0.0288. The van der Waals surface area contributed by atoms with Crippen LogP contribution in [-0.4, -0.2) is 37.0 Å². The van der Waals surface area contributed by atoms with Gasteiger partial charge in [-0.1, -0.05) is 29.8 Å². The Bertz CT molecular complexity index is 908. The molecule has 1 fully saturated rings. The van der Waals surface area contributed by atoms with Crippen molar-refractivity contribution in [2.24, 2.45) is 11.7 Å². The lowest BCUT2D eigenvalue weighted by Crippen LogP contribution is -2.34. The number of halogens is 2. The first-order valence-electron chi connectivity index (χ1n) is 9.27. The third-order valence-corrected chi connectivity index (χ3v) is 5.33. The van der Waals surface area contributed by atoms with Crippen LogP contribution in [0.3, 0.4) is 0 Å². The highest BCUT2D eigenvalue weighted by Crippen LogP contribution is 2.39. The summed E-state index contributed by atoms with van der Waals surface area (Å²) < 4.78 is 19.2. The Morgan fingerprint density at radius 1 is 1.34 bits per heavy atom. The molecule has 154 valence electrons. The normalized spacial score (nSPS) is 18.9. The van der Waals surface area contributed by atoms with Gasteiger partial charge in [0.05, 0.1) is 23.6 Å². The first-order valence-corrected chi connectivity index (χ1v) is 9.65. The average molecular weight is 420 g/mol. The predicted octanol–water partition coefficient (Wildman–Crippen LogP) is 3.11. The van der Waals surface area contributed by atoms with Crippen molar-refractivity contribution in [3.05, 3.63) is 64.4 Å². The molecule has 2 aromatic rings. The highest BCUT2D eigenvalue weighted by atomic mass is 35.5. The van der Waals surface area contributed by atoms with Gasteiger partial charge in [-0.15, -0.1) is 0 Å². The fourth-order valence-electron chi connectivity index (χ4n) is 3.60. The van der Waals surface area contributed by atoms with E-state index < -0.39 is 17.8 Å². The maximum atomic E-state index is 14.1. The minimum Gasteiger partial charge on any atom is -0.383 e. The zero-order valence-electron chi connectivity index (χ0n) is 16.0. The predicted molar refractivity (Wildman–Crippen MR) is 109 cm³/mol. The smallest absolute Gasteiger partial charge is 0.230 e. The largest absolute Gasteiger partial charge is 0.383 e. The Kier molecular flexibility index (Phi) is 6.84. The molecular weight excluding hydrogens is 397 g/mol. The zero-order chi connectivity index (χ0) is 21.0. The van der Waals surface area contributed by atoms with Crippen molar-refractivity contribution in [1.82, 2.24) is 4.90 Å². The Labute approximate surface area is 173 Å². The summed E-state index contributed by atoms with van der Waals surface area (Å²) >= 11 is 5.81. The van der Waals surface area contributed by atoms with Crippen molar-refractivity contribution < 1.29 is 18.7 Å². The SMILES string of the molecule is COCCN1C(=O)C[C@H](C(=O)Nc2cccc(CN)c2)[C@H]1c1ccc(Cl)c(F)c1. The molecule has 0 aliphatic carbocycles. The number of hydrogen-bond donors (Lipinski definition) is 2. The van der Waals surface area contributed by atoms with Gasteiger partial charge in [-0.2, -0.15) is 0 Å². The number of likely N-dealkylation sites (tertiary alicyclic amines) is 1. The maximum absolute atomic E-state index is 14.1. The molecule has 29 heavy (non-hydrogen) atoms. The second kappa shape index (κ2) is 9.35. The highest BCUT2D eigenvalue weighted by molar-refractivity contribution is 6.30. The van der Waals surface area contributed by atoms with Gasteiger partial charge in [0, 0.05) is 32.3 Å². The number of anilines is 1. The van der Waals surface area contributed by atoms with Crippen LogP contribution >= 0.6 is 11.6 Å². The molecule has 0 radical (unpaired) electrons. The van der Waals surface area contributed by atoms with Gasteiger partial charge in [0.2, 0.25) is 11.8 Å². The van der Waals surface area contributed by atoms with Gasteiger partial charge in [0.1, 0.15) is 5.82 Å². The number of carbonyl (C=O) groups excluding carboxylic acids is 2. The second-order valence-corrected chi connectivity index (χ2v) is 7.31. The van der Waals surface area contributed by atoms with Crippen molar-refractivity contribution in [1.29, 1.82) is 0 Å². The van der Waals surface area contributed by atoms with Crippen LogP contribution in [0.15, 0.2) is 42.5 Å². The van der Waals surface area contributed by atoms with Crippen LogP contribution in [0.1, 0.15) is 23.6 Å². The molecule has 3 rings (SSSR count). The molecule has 1 heterocycles. The second-order valence-electron chi connectivity index (χ2n) is 6.90. The van der Waals surface area contributed by atoms with E-state index in [-0.39, 0.29) is 23.3 Å². The maximum Gasteiger partial charge on any atom is 0.230 e. The molecule has 2 amide bonds. The number of methoxy groups -OCH3 is 1. The van der Waals surface area contributed by atoms with Crippen molar-refractivity contribution >= 4 is 29.1 Å². The number of ether oxygens (including phenoxy) is 1. The van der Waals surface area contributed by atoms with E-state index in [9.17, 15) is 14.0 Å². The van der Waals surface area contributed by atoms with E-state index in [1.165, 1.54) is 19.2 Å². The minimum absolute atomic E-state index is 0.0129. The Morgan fingerprint density at radius 2 is 2.14 bits per heavy atom. The quantitative estimate of drug-likeness (QED) is 0.722. The third kappa shape index (κ3) is 4.75. The third-order valence-electron chi connectivity index (χ3n) is 5.02. The van der Waals surface area contributed by atoms with Gasteiger partial charge in [0.25, 0.3) is 0 Å². The Morgan fingerprint density at radius 3 is 2.83 bits per heavy atom. The number of benzene rings is 2. The summed E-state index contributed by atoms with van der Waals surface area (Å²) in [5.41, 5.74) is 7.65. The van der Waals surface area contributed by atoms with Crippen LogP contribution in [0, 0.1) is 11.7 Å². The summed E-state index contributed by atoms with van der Waals surface area (Å²) in [5, 5.41) is 2.84. The van der Waals surface area contributed by atoms with Crippen LogP contribution in [0.2, 0.25) is 5.02 Å². The van der Waals surface area contributed by atoms with E-state index in [0.29, 0.717) is 30.9 Å². The van der Waals surface area contributed by atoms with E-state index in [1.54, 1.807) is 29.2 Å². The van der Waals surface area contributed by atoms with Crippen molar-refractivity contribution in [3.8, 4) is 0 Å². The van der Waals surface area contributed by atoms with Crippen LogP contribution in [0.4, 0.5) is 10.1 Å². The molecule has 2 aromatic carbocycles. The van der Waals surface area contributed by atoms with E-state index in [1.807, 2.05) is 6.07 Å². The standard InChI is InChI=1S/C21H23ClFN3O3/c1-29-8-7-26-19(27)11-16(20(26)14-5-6-17(22)18(23)10-14)21(28)25-15-4-2-3-13(9-15)12-24/h2-6,9-10,16,20H,7-8,11-12,24H2,1H3,(H,25,28)/t16-,20+/m0/s1. The minimum atomic E-state index is -0.679. The molecule has 1 aliphatic rings. The number of amides is 2. The van der Waals surface area contributed by atoms with Gasteiger partial charge in [0.15, 0.2) is 0 Å². The lowest BCUT2D eigenvalue weighted by molar-refractivity contribution is -0.129. The molecule has 0 saturated carbocycles. The molecule has 8 heteroatoms. The van der Waals surface area contributed by atoms with Gasteiger partial charge in [-0.3, -0.25) is 9.59 Å². The van der Waals surface area contributed by atoms with Crippen LogP contribution in [0.25, 0.3) is 0 Å². The number of rotatable bonds is 7. The first-order chi connectivity index (χ1) is 13.9. The van der Waals surface area contributed by atoms with Gasteiger partial charge in [-0.05, 0) is 35.4 Å². The lowest BCUT2D eigenvalue weighted by Gasteiger charge is -2.28. The summed E-state index contributed by atoms with van der Waals surface area (Å²) in [4.78, 5) is 27.2. The van der Waals surface area contributed by atoms with Gasteiger partial charge >= 0.3 is 0 Å². The molecule has 0 unspecified atom stereocenters. The number of hydrogen-bond acceptors (Lipinski definition) is 4. The summed E-state index contributed by atoms with van der Waals surface area (Å²) in [6, 6.07) is 11.0. The molecule has 2 atom stereocenters. The van der Waals surface area contributed by atoms with Crippen LogP contribution in [0.5, 0.6) is 0 Å². The van der Waals surface area contributed by atoms with Crippen LogP contribution in [-0.2, 0) is 20.9 Å². The van der Waals surface area contributed by atoms with Gasteiger partial charge < -0.3 is 20.7 Å². The van der Waals surface area contributed by atoms with Gasteiger partial charge in [-0.25, -0.2) is 4.39 Å². The summed E-state index contributed by atoms with van der Waals surface area (Å²) in [7, 11) is 1.53. The fourth-order valence-corrected chi connectivity index (χ4v) is 3.72. The van der Waals surface area contributed by atoms with E-state index >= 15 is 0 Å². The molecule has 0 bridgehead atoms. The number of carbonyl (C=O) groups is 2. The van der Waals surface area contributed by atoms with Crippen molar-refractivity contribution in [2.45, 2.75) is 19.0 Å². The number of nitrogens with zero attached hydrogens (tertiary/aromatic N) is 1. The topological polar surface area (TPSA) is 84.7 Å². The summed E-state index contributed by atoms with van der Waals surface area (Å²) in [5.74, 6) is -1.77. The summed E-state index contributed by atoms with van der Waals surface area (Å²) in [6.45, 7) is 0.963. The monoisotopic (exact) mass is 419 g/mol. The molecule has 1 aliphatic heterocycles. The molecule has 0 spiro atoms. The average Bonchev–Trinajstić information content (AvgIpc) is 3.05. The zero-order valence-corrected chi connectivity index (χ0v) is 16.8. The molecule has 0 aromatic heterocycles. The lowest BCUT2D eigenvalue weighted by atomic mass is 9.92. The number of nitrogens with two attached hydrogens (primary N) is 1. The number of nitrogens with one attached hydrogen (secondary N) is 1. The van der Waals surface area contributed by atoms with E-state index in [2.05, 4.69) is 5.32 Å². The molecule has 3 N–H and O–H groups in total. The van der Waals surface area contributed by atoms with E-state index in [4.69, 9.17) is 22.1 Å². The van der Waals surface area contributed by atoms with E-state index in [0.717, 1.165) is 5.56 Å². The highest BCUT2D eigenvalue weighted by Gasteiger charge is 2.44. The van der Waals surface area contributed by atoms with Crippen molar-refractivity contribution in [3.63, 3.8) is 0 Å².